The highest BCUT2D eigenvalue weighted by Gasteiger charge is 2.16. The number of rotatable bonds is 5. The van der Waals surface area contributed by atoms with E-state index in [9.17, 15) is 5.11 Å². The monoisotopic (exact) mass is 249 g/mol. The molecule has 2 atom stereocenters. The van der Waals surface area contributed by atoms with Crippen LogP contribution >= 0.6 is 0 Å². The second-order valence-electron chi connectivity index (χ2n) is 4.98. The fraction of sp³-hybridized carbons (Fsp3) is 0.600. The molecule has 0 bridgehead atoms. The predicted molar refractivity (Wildman–Crippen MR) is 72.6 cm³/mol. The third-order valence-electron chi connectivity index (χ3n) is 3.47. The molecule has 3 nitrogen and oxygen atoms in total. The lowest BCUT2D eigenvalue weighted by Crippen LogP contribution is -2.42. The summed E-state index contributed by atoms with van der Waals surface area (Å²) in [6.07, 6.45) is 4.19. The van der Waals surface area contributed by atoms with Gasteiger partial charge in [-0.25, -0.2) is 0 Å². The Morgan fingerprint density at radius 3 is 2.83 bits per heavy atom. The standard InChI is InChI=1S/C15H23NO2/c17-12-15(11-13-5-2-1-3-6-13)16-14-7-4-9-18-10-8-14/h1-3,5-6,14-17H,4,7-12H2. The fourth-order valence-electron chi connectivity index (χ4n) is 2.48. The highest BCUT2D eigenvalue weighted by molar-refractivity contribution is 5.15. The number of hydrogen-bond acceptors (Lipinski definition) is 3. The molecule has 2 rings (SSSR count). The molecular weight excluding hydrogens is 226 g/mol. The van der Waals surface area contributed by atoms with Gasteiger partial charge in [-0.1, -0.05) is 30.3 Å². The molecule has 18 heavy (non-hydrogen) atoms. The summed E-state index contributed by atoms with van der Waals surface area (Å²) in [6, 6.07) is 11.0. The van der Waals surface area contributed by atoms with Gasteiger partial charge in [0.05, 0.1) is 6.61 Å². The molecule has 1 saturated heterocycles. The van der Waals surface area contributed by atoms with E-state index in [1.807, 2.05) is 18.2 Å². The first-order valence-electron chi connectivity index (χ1n) is 6.87. The van der Waals surface area contributed by atoms with Gasteiger partial charge in [-0.15, -0.1) is 0 Å². The second-order valence-corrected chi connectivity index (χ2v) is 4.98. The molecule has 0 spiro atoms. The van der Waals surface area contributed by atoms with Gasteiger partial charge in [0, 0.05) is 25.3 Å². The minimum Gasteiger partial charge on any atom is -0.395 e. The van der Waals surface area contributed by atoms with Crippen molar-refractivity contribution in [2.24, 2.45) is 0 Å². The van der Waals surface area contributed by atoms with E-state index in [1.165, 1.54) is 5.56 Å². The van der Waals surface area contributed by atoms with Crippen LogP contribution in [0.5, 0.6) is 0 Å². The molecule has 0 radical (unpaired) electrons. The van der Waals surface area contributed by atoms with Crippen LogP contribution in [0, 0.1) is 0 Å². The van der Waals surface area contributed by atoms with E-state index in [4.69, 9.17) is 4.74 Å². The van der Waals surface area contributed by atoms with Gasteiger partial charge in [-0.2, -0.15) is 0 Å². The van der Waals surface area contributed by atoms with Gasteiger partial charge in [0.2, 0.25) is 0 Å². The van der Waals surface area contributed by atoms with Crippen LogP contribution in [0.4, 0.5) is 0 Å². The molecule has 1 aromatic rings. The van der Waals surface area contributed by atoms with Crippen LogP contribution in [-0.4, -0.2) is 37.0 Å². The quantitative estimate of drug-likeness (QED) is 0.835. The lowest BCUT2D eigenvalue weighted by atomic mass is 10.0. The Balaban J connectivity index is 1.84. The molecule has 0 aromatic heterocycles. The van der Waals surface area contributed by atoms with Gasteiger partial charge >= 0.3 is 0 Å². The zero-order valence-corrected chi connectivity index (χ0v) is 10.8. The topological polar surface area (TPSA) is 41.5 Å². The van der Waals surface area contributed by atoms with Crippen molar-refractivity contribution in [1.82, 2.24) is 5.32 Å². The smallest absolute Gasteiger partial charge is 0.0587 e. The zero-order chi connectivity index (χ0) is 12.6. The summed E-state index contributed by atoms with van der Waals surface area (Å²) in [5.74, 6) is 0. The van der Waals surface area contributed by atoms with E-state index in [0.29, 0.717) is 6.04 Å². The maximum absolute atomic E-state index is 9.49. The van der Waals surface area contributed by atoms with E-state index in [1.54, 1.807) is 0 Å². The highest BCUT2D eigenvalue weighted by atomic mass is 16.5. The van der Waals surface area contributed by atoms with E-state index in [0.717, 1.165) is 38.9 Å². The molecule has 2 N–H and O–H groups in total. The summed E-state index contributed by atoms with van der Waals surface area (Å²) in [5.41, 5.74) is 1.27. The Bertz CT molecular complexity index is 321. The SMILES string of the molecule is OCC(Cc1ccccc1)NC1CCCOCC1. The normalized spacial score (nSPS) is 22.4. The van der Waals surface area contributed by atoms with E-state index in [2.05, 4.69) is 17.4 Å². The van der Waals surface area contributed by atoms with Crippen molar-refractivity contribution in [3.63, 3.8) is 0 Å². The maximum atomic E-state index is 9.49. The van der Waals surface area contributed by atoms with Crippen molar-refractivity contribution in [2.45, 2.75) is 37.8 Å². The molecule has 1 aromatic carbocycles. The summed E-state index contributed by atoms with van der Waals surface area (Å²) < 4.78 is 5.46. The van der Waals surface area contributed by atoms with Crippen LogP contribution < -0.4 is 5.32 Å². The maximum Gasteiger partial charge on any atom is 0.0587 e. The number of ether oxygens (including phenoxy) is 1. The van der Waals surface area contributed by atoms with Gasteiger partial charge < -0.3 is 15.2 Å². The number of aliphatic hydroxyl groups is 1. The molecule has 3 heteroatoms. The van der Waals surface area contributed by atoms with Gasteiger partial charge in [-0.05, 0) is 31.2 Å². The molecular formula is C15H23NO2. The van der Waals surface area contributed by atoms with E-state index < -0.39 is 0 Å². The summed E-state index contributed by atoms with van der Waals surface area (Å²) in [7, 11) is 0. The first-order chi connectivity index (χ1) is 8.88. The third kappa shape index (κ3) is 4.41. The van der Waals surface area contributed by atoms with Gasteiger partial charge in [0.25, 0.3) is 0 Å². The van der Waals surface area contributed by atoms with Crippen molar-refractivity contribution in [3.05, 3.63) is 35.9 Å². The van der Waals surface area contributed by atoms with Crippen molar-refractivity contribution in [1.29, 1.82) is 0 Å². The van der Waals surface area contributed by atoms with Crippen LogP contribution in [0.3, 0.4) is 0 Å². The minimum atomic E-state index is 0.149. The second kappa shape index (κ2) is 7.52. The van der Waals surface area contributed by atoms with Crippen LogP contribution in [0.1, 0.15) is 24.8 Å². The van der Waals surface area contributed by atoms with Gasteiger partial charge in [0.1, 0.15) is 0 Å². The van der Waals surface area contributed by atoms with Crippen molar-refractivity contribution < 1.29 is 9.84 Å². The van der Waals surface area contributed by atoms with Crippen molar-refractivity contribution in [3.8, 4) is 0 Å². The minimum absolute atomic E-state index is 0.149. The molecule has 100 valence electrons. The Morgan fingerprint density at radius 1 is 1.22 bits per heavy atom. The first-order valence-corrected chi connectivity index (χ1v) is 6.87. The van der Waals surface area contributed by atoms with E-state index in [-0.39, 0.29) is 12.6 Å². The Hall–Kier alpha value is -0.900. The predicted octanol–water partition coefficient (Wildman–Crippen LogP) is 1.75. The van der Waals surface area contributed by atoms with Gasteiger partial charge in [0.15, 0.2) is 0 Å². The van der Waals surface area contributed by atoms with Crippen molar-refractivity contribution in [2.75, 3.05) is 19.8 Å². The lowest BCUT2D eigenvalue weighted by molar-refractivity contribution is 0.141. The largest absolute Gasteiger partial charge is 0.395 e. The molecule has 2 unspecified atom stereocenters. The Kier molecular flexibility index (Phi) is 5.65. The molecule has 0 saturated carbocycles. The number of hydrogen-bond donors (Lipinski definition) is 2. The molecule has 0 aliphatic carbocycles. The van der Waals surface area contributed by atoms with Crippen LogP contribution in [0.25, 0.3) is 0 Å². The number of nitrogens with one attached hydrogen (secondary N) is 1. The summed E-state index contributed by atoms with van der Waals surface area (Å²) in [6.45, 7) is 1.90. The number of benzene rings is 1. The average molecular weight is 249 g/mol. The molecule has 1 aliphatic rings. The van der Waals surface area contributed by atoms with Crippen LogP contribution in [0.2, 0.25) is 0 Å². The van der Waals surface area contributed by atoms with Crippen LogP contribution in [-0.2, 0) is 11.2 Å². The Labute approximate surface area is 109 Å². The average Bonchev–Trinajstić information content (AvgIpc) is 2.68. The van der Waals surface area contributed by atoms with Gasteiger partial charge in [-0.3, -0.25) is 0 Å². The third-order valence-corrected chi connectivity index (χ3v) is 3.47. The van der Waals surface area contributed by atoms with Crippen molar-refractivity contribution >= 4 is 0 Å². The number of aliphatic hydroxyl groups excluding tert-OH is 1. The Morgan fingerprint density at radius 2 is 2.06 bits per heavy atom. The first kappa shape index (κ1) is 13.5. The summed E-state index contributed by atoms with van der Waals surface area (Å²) in [4.78, 5) is 0. The lowest BCUT2D eigenvalue weighted by Gasteiger charge is -2.23. The molecule has 0 amide bonds. The molecule has 1 aliphatic heterocycles. The fourth-order valence-corrected chi connectivity index (χ4v) is 2.48. The van der Waals surface area contributed by atoms with Crippen LogP contribution in [0.15, 0.2) is 30.3 Å². The molecule has 1 heterocycles. The zero-order valence-electron chi connectivity index (χ0n) is 10.8. The molecule has 1 fully saturated rings. The van der Waals surface area contributed by atoms with E-state index >= 15 is 0 Å². The highest BCUT2D eigenvalue weighted by Crippen LogP contribution is 2.10. The summed E-state index contributed by atoms with van der Waals surface area (Å²) in [5, 5.41) is 13.1. The summed E-state index contributed by atoms with van der Waals surface area (Å²) >= 11 is 0.